The molecule has 1 aromatic carbocycles. The zero-order valence-electron chi connectivity index (χ0n) is 9.09. The van der Waals surface area contributed by atoms with E-state index < -0.39 is 0 Å². The van der Waals surface area contributed by atoms with Crippen LogP contribution in [0.25, 0.3) is 0 Å². The average molecular weight is 242 g/mol. The van der Waals surface area contributed by atoms with E-state index in [0.717, 1.165) is 21.5 Å². The molecule has 82 valence electrons. The van der Waals surface area contributed by atoms with Crippen LogP contribution in [-0.4, -0.2) is 17.0 Å². The summed E-state index contributed by atoms with van der Waals surface area (Å²) in [6.45, 7) is 4.31. The maximum atomic E-state index is 6.08. The van der Waals surface area contributed by atoms with Gasteiger partial charge in [0.2, 0.25) is 0 Å². The van der Waals surface area contributed by atoms with Crippen molar-refractivity contribution < 1.29 is 0 Å². The molecule has 15 heavy (non-hydrogen) atoms. The Labute approximate surface area is 101 Å². The molecule has 0 spiro atoms. The van der Waals surface area contributed by atoms with Crippen LogP contribution in [0.1, 0.15) is 18.9 Å². The lowest BCUT2D eigenvalue weighted by Crippen LogP contribution is -2.18. The van der Waals surface area contributed by atoms with Crippen molar-refractivity contribution in [2.45, 2.75) is 31.6 Å². The Morgan fingerprint density at radius 3 is 2.87 bits per heavy atom. The molecule has 0 amide bonds. The first kappa shape index (κ1) is 11.2. The summed E-state index contributed by atoms with van der Waals surface area (Å²) in [4.78, 5) is 0. The molecule has 0 radical (unpaired) electrons. The molecule has 1 aliphatic rings. The van der Waals surface area contributed by atoms with Gasteiger partial charge in [-0.2, -0.15) is 11.8 Å². The van der Waals surface area contributed by atoms with E-state index in [1.165, 1.54) is 12.2 Å². The topological polar surface area (TPSA) is 12.0 Å². The van der Waals surface area contributed by atoms with E-state index in [9.17, 15) is 0 Å². The number of anilines is 1. The van der Waals surface area contributed by atoms with E-state index in [0.29, 0.717) is 6.04 Å². The highest BCUT2D eigenvalue weighted by Crippen LogP contribution is 2.29. The van der Waals surface area contributed by atoms with E-state index in [2.05, 4.69) is 24.4 Å². The van der Waals surface area contributed by atoms with Gasteiger partial charge in [-0.15, -0.1) is 0 Å². The molecule has 1 nitrogen and oxygen atoms in total. The quantitative estimate of drug-likeness (QED) is 0.842. The van der Waals surface area contributed by atoms with E-state index in [-0.39, 0.29) is 0 Å². The Hall–Kier alpha value is -0.340. The molecule has 1 N–H and O–H groups in total. The number of nitrogens with one attached hydrogen (secondary N) is 1. The van der Waals surface area contributed by atoms with Crippen molar-refractivity contribution in [1.29, 1.82) is 0 Å². The monoisotopic (exact) mass is 241 g/mol. The summed E-state index contributed by atoms with van der Waals surface area (Å²) in [5.41, 5.74) is 2.28. The summed E-state index contributed by atoms with van der Waals surface area (Å²) >= 11 is 8.12. The standard InChI is InChI=1S/C12H16ClNS/c1-8-3-4-10(6-12(8)13)14-11-5-9(2)15-7-11/h3-4,6,9,11,14H,5,7H2,1-2H3. The minimum absolute atomic E-state index is 0.601. The molecule has 2 rings (SSSR count). The van der Waals surface area contributed by atoms with E-state index >= 15 is 0 Å². The molecule has 0 aromatic heterocycles. The predicted molar refractivity (Wildman–Crippen MR) is 70.1 cm³/mol. The highest BCUT2D eigenvalue weighted by Gasteiger charge is 2.21. The molecule has 2 atom stereocenters. The van der Waals surface area contributed by atoms with Crippen LogP contribution in [0.15, 0.2) is 18.2 Å². The highest BCUT2D eigenvalue weighted by atomic mass is 35.5. The van der Waals surface area contributed by atoms with Crippen LogP contribution in [0, 0.1) is 6.92 Å². The molecule has 1 saturated heterocycles. The van der Waals surface area contributed by atoms with Gasteiger partial charge in [0.25, 0.3) is 0 Å². The lowest BCUT2D eigenvalue weighted by molar-refractivity contribution is 0.747. The van der Waals surface area contributed by atoms with Crippen molar-refractivity contribution in [2.24, 2.45) is 0 Å². The fourth-order valence-corrected chi connectivity index (χ4v) is 3.17. The normalized spacial score (nSPS) is 25.5. The number of aryl methyl sites for hydroxylation is 1. The summed E-state index contributed by atoms with van der Waals surface area (Å²) in [5.74, 6) is 1.20. The SMILES string of the molecule is Cc1ccc(NC2CSC(C)C2)cc1Cl. The molecule has 0 bridgehead atoms. The van der Waals surface area contributed by atoms with Crippen LogP contribution in [0.5, 0.6) is 0 Å². The van der Waals surface area contributed by atoms with Crippen LogP contribution in [0.2, 0.25) is 5.02 Å². The van der Waals surface area contributed by atoms with Gasteiger partial charge in [0.1, 0.15) is 0 Å². The zero-order valence-corrected chi connectivity index (χ0v) is 10.7. The third kappa shape index (κ3) is 2.82. The van der Waals surface area contributed by atoms with E-state index in [1.807, 2.05) is 24.8 Å². The third-order valence-corrected chi connectivity index (χ3v) is 4.50. The Kier molecular flexibility index (Phi) is 3.47. The third-order valence-electron chi connectivity index (χ3n) is 2.74. The van der Waals surface area contributed by atoms with Crippen molar-refractivity contribution in [3.8, 4) is 0 Å². The maximum absolute atomic E-state index is 6.08. The smallest absolute Gasteiger partial charge is 0.0455 e. The van der Waals surface area contributed by atoms with Crippen molar-refractivity contribution >= 4 is 29.1 Å². The van der Waals surface area contributed by atoms with Gasteiger partial charge in [-0.3, -0.25) is 0 Å². The molecule has 1 heterocycles. The van der Waals surface area contributed by atoms with Gasteiger partial charge < -0.3 is 5.32 Å². The van der Waals surface area contributed by atoms with Crippen LogP contribution in [0.3, 0.4) is 0 Å². The minimum atomic E-state index is 0.601. The maximum Gasteiger partial charge on any atom is 0.0455 e. The van der Waals surface area contributed by atoms with Gasteiger partial charge in [0, 0.05) is 27.8 Å². The minimum Gasteiger partial charge on any atom is -0.381 e. The molecule has 1 aliphatic heterocycles. The van der Waals surface area contributed by atoms with Gasteiger partial charge in [-0.25, -0.2) is 0 Å². The summed E-state index contributed by atoms with van der Waals surface area (Å²) in [6, 6.07) is 6.79. The Morgan fingerprint density at radius 2 is 2.27 bits per heavy atom. The van der Waals surface area contributed by atoms with Crippen molar-refractivity contribution in [2.75, 3.05) is 11.1 Å². The number of rotatable bonds is 2. The van der Waals surface area contributed by atoms with Gasteiger partial charge in [-0.05, 0) is 31.0 Å². The molecule has 2 unspecified atom stereocenters. The van der Waals surface area contributed by atoms with Gasteiger partial charge in [0.05, 0.1) is 0 Å². The molecule has 1 fully saturated rings. The first-order valence-corrected chi connectivity index (χ1v) is 6.72. The molecule has 0 aliphatic carbocycles. The van der Waals surface area contributed by atoms with Crippen LogP contribution < -0.4 is 5.32 Å². The van der Waals surface area contributed by atoms with Crippen molar-refractivity contribution in [3.05, 3.63) is 28.8 Å². The van der Waals surface area contributed by atoms with Crippen molar-refractivity contribution in [3.63, 3.8) is 0 Å². The largest absolute Gasteiger partial charge is 0.381 e. The first-order valence-electron chi connectivity index (χ1n) is 5.29. The summed E-state index contributed by atoms with van der Waals surface area (Å²) in [6.07, 6.45) is 1.25. The lowest BCUT2D eigenvalue weighted by atomic mass is 10.1. The Bertz CT molecular complexity index is 353. The Morgan fingerprint density at radius 1 is 1.47 bits per heavy atom. The second-order valence-electron chi connectivity index (χ2n) is 4.18. The van der Waals surface area contributed by atoms with Crippen LogP contribution in [0.4, 0.5) is 5.69 Å². The summed E-state index contributed by atoms with van der Waals surface area (Å²) in [7, 11) is 0. The van der Waals surface area contributed by atoms with Gasteiger partial charge in [-0.1, -0.05) is 24.6 Å². The second kappa shape index (κ2) is 4.67. The molecular formula is C12H16ClNS. The van der Waals surface area contributed by atoms with Crippen molar-refractivity contribution in [1.82, 2.24) is 0 Å². The number of hydrogen-bond donors (Lipinski definition) is 1. The van der Waals surface area contributed by atoms with E-state index in [4.69, 9.17) is 11.6 Å². The number of benzene rings is 1. The van der Waals surface area contributed by atoms with Crippen LogP contribution in [-0.2, 0) is 0 Å². The zero-order chi connectivity index (χ0) is 10.8. The molecule has 0 saturated carbocycles. The van der Waals surface area contributed by atoms with Gasteiger partial charge in [0.15, 0.2) is 0 Å². The summed E-state index contributed by atoms with van der Waals surface area (Å²) < 4.78 is 0. The fourth-order valence-electron chi connectivity index (χ4n) is 1.84. The van der Waals surface area contributed by atoms with Gasteiger partial charge >= 0.3 is 0 Å². The second-order valence-corrected chi connectivity index (χ2v) is 6.06. The molecule has 1 aromatic rings. The number of halogens is 1. The average Bonchev–Trinajstić information content (AvgIpc) is 2.58. The van der Waals surface area contributed by atoms with E-state index in [1.54, 1.807) is 0 Å². The molecule has 3 heteroatoms. The highest BCUT2D eigenvalue weighted by molar-refractivity contribution is 8.00. The van der Waals surface area contributed by atoms with Crippen LogP contribution >= 0.6 is 23.4 Å². The first-order chi connectivity index (χ1) is 7.15. The molecular weight excluding hydrogens is 226 g/mol. The fraction of sp³-hybridized carbons (Fsp3) is 0.500. The Balaban J connectivity index is 2.02. The number of hydrogen-bond acceptors (Lipinski definition) is 2. The summed E-state index contributed by atoms with van der Waals surface area (Å²) in [5, 5.41) is 5.16. The lowest BCUT2D eigenvalue weighted by Gasteiger charge is -2.13. The number of thioether (sulfide) groups is 1. The predicted octanol–water partition coefficient (Wildman–Crippen LogP) is 3.95.